The fraction of sp³-hybridized carbons (Fsp3) is 0.167. The quantitative estimate of drug-likeness (QED) is 0.591. The largest absolute Gasteiger partial charge is 0.508 e. The fourth-order valence-electron chi connectivity index (χ4n) is 4.46. The third kappa shape index (κ3) is 3.01. The Labute approximate surface area is 178 Å². The first-order valence-electron chi connectivity index (χ1n) is 9.70. The van der Waals surface area contributed by atoms with Crippen LogP contribution in [0.15, 0.2) is 65.8 Å². The number of anilines is 1. The molecule has 30 heavy (non-hydrogen) atoms. The number of phenolic OH excluding ortho intramolecular Hbond substituents is 1. The molecular formula is C24H17ClFN3O. The number of hydrogen-bond acceptors (Lipinski definition) is 4. The summed E-state index contributed by atoms with van der Waals surface area (Å²) in [4.78, 5) is 0. The van der Waals surface area contributed by atoms with Gasteiger partial charge in [-0.1, -0.05) is 23.7 Å². The van der Waals surface area contributed by atoms with Crippen molar-refractivity contribution in [3.63, 3.8) is 0 Å². The number of rotatable bonds is 2. The number of nitriles is 1. The number of fused-ring (bicyclic) bond motifs is 3. The van der Waals surface area contributed by atoms with Gasteiger partial charge in [0.25, 0.3) is 0 Å². The van der Waals surface area contributed by atoms with Gasteiger partial charge in [-0.3, -0.25) is 5.01 Å². The van der Waals surface area contributed by atoms with Gasteiger partial charge in [-0.15, -0.1) is 0 Å². The van der Waals surface area contributed by atoms with Crippen LogP contribution in [-0.2, 0) is 6.42 Å². The lowest BCUT2D eigenvalue weighted by molar-refractivity contribution is 0.472. The maximum Gasteiger partial charge on any atom is 0.123 e. The van der Waals surface area contributed by atoms with E-state index in [1.807, 2.05) is 17.1 Å². The summed E-state index contributed by atoms with van der Waals surface area (Å²) in [5, 5.41) is 26.3. The standard InChI is InChI=1S/C24H17ClFN3O/c25-22-12-18(7-3-16(22)13-27)29-24(14-1-5-17(26)6-2-14)21-9-4-15-11-19(30)8-10-20(15)23(21)28-29/h1-3,5-8,10-12,21,24,30H,4,9H2. The van der Waals surface area contributed by atoms with Gasteiger partial charge in [0, 0.05) is 11.5 Å². The van der Waals surface area contributed by atoms with E-state index in [1.54, 1.807) is 36.4 Å². The number of hydrogen-bond donors (Lipinski definition) is 1. The second-order valence-corrected chi connectivity index (χ2v) is 8.00. The van der Waals surface area contributed by atoms with Crippen LogP contribution < -0.4 is 5.01 Å². The van der Waals surface area contributed by atoms with E-state index in [0.717, 1.165) is 40.9 Å². The van der Waals surface area contributed by atoms with Gasteiger partial charge in [0.1, 0.15) is 17.6 Å². The molecule has 2 atom stereocenters. The highest BCUT2D eigenvalue weighted by atomic mass is 35.5. The first kappa shape index (κ1) is 18.7. The smallest absolute Gasteiger partial charge is 0.123 e. The maximum atomic E-state index is 13.6. The van der Waals surface area contributed by atoms with Gasteiger partial charge < -0.3 is 5.11 Å². The van der Waals surface area contributed by atoms with Gasteiger partial charge in [-0.05, 0) is 72.5 Å². The first-order valence-corrected chi connectivity index (χ1v) is 10.1. The average molecular weight is 418 g/mol. The minimum absolute atomic E-state index is 0.113. The molecule has 0 fully saturated rings. The molecule has 1 heterocycles. The Kier molecular flexibility index (Phi) is 4.45. The molecule has 1 aliphatic carbocycles. The zero-order valence-corrected chi connectivity index (χ0v) is 16.6. The van der Waals surface area contributed by atoms with Crippen LogP contribution in [0.5, 0.6) is 5.75 Å². The number of halogens is 2. The molecule has 0 saturated carbocycles. The minimum atomic E-state index is -0.282. The highest BCUT2D eigenvalue weighted by Crippen LogP contribution is 2.46. The van der Waals surface area contributed by atoms with Gasteiger partial charge in [0.15, 0.2) is 0 Å². The summed E-state index contributed by atoms with van der Waals surface area (Å²) in [6.07, 6.45) is 1.69. The van der Waals surface area contributed by atoms with E-state index in [0.29, 0.717) is 10.6 Å². The van der Waals surface area contributed by atoms with Gasteiger partial charge in [0.2, 0.25) is 0 Å². The van der Waals surface area contributed by atoms with E-state index < -0.39 is 0 Å². The van der Waals surface area contributed by atoms with E-state index in [9.17, 15) is 14.8 Å². The van der Waals surface area contributed by atoms with Gasteiger partial charge >= 0.3 is 0 Å². The molecule has 0 spiro atoms. The van der Waals surface area contributed by atoms with Crippen molar-refractivity contribution >= 4 is 23.0 Å². The first-order chi connectivity index (χ1) is 14.5. The van der Waals surface area contributed by atoms with E-state index >= 15 is 0 Å². The summed E-state index contributed by atoms with van der Waals surface area (Å²) in [5.74, 6) is 0.0776. The van der Waals surface area contributed by atoms with Crippen LogP contribution in [0, 0.1) is 23.1 Å². The minimum Gasteiger partial charge on any atom is -0.508 e. The van der Waals surface area contributed by atoms with Gasteiger partial charge in [-0.25, -0.2) is 4.39 Å². The number of phenols is 1. The molecule has 2 unspecified atom stereocenters. The molecule has 4 nitrogen and oxygen atoms in total. The van der Waals surface area contributed by atoms with Crippen LogP contribution in [0.2, 0.25) is 5.02 Å². The van der Waals surface area contributed by atoms with E-state index in [1.165, 1.54) is 12.1 Å². The zero-order valence-electron chi connectivity index (χ0n) is 15.9. The van der Waals surface area contributed by atoms with Crippen molar-refractivity contribution in [3.05, 3.63) is 93.8 Å². The Balaban J connectivity index is 1.65. The predicted molar refractivity (Wildman–Crippen MR) is 114 cm³/mol. The van der Waals surface area contributed by atoms with Crippen LogP contribution in [-0.4, -0.2) is 10.8 Å². The molecule has 0 saturated heterocycles. The molecule has 0 aromatic heterocycles. The third-order valence-corrected chi connectivity index (χ3v) is 6.16. The lowest BCUT2D eigenvalue weighted by atomic mass is 9.77. The molecule has 6 heteroatoms. The van der Waals surface area contributed by atoms with E-state index in [4.69, 9.17) is 16.7 Å². The van der Waals surface area contributed by atoms with Crippen molar-refractivity contribution in [3.8, 4) is 11.8 Å². The average Bonchev–Trinajstić information content (AvgIpc) is 3.14. The lowest BCUT2D eigenvalue weighted by Gasteiger charge is -2.30. The molecule has 5 rings (SSSR count). The summed E-state index contributed by atoms with van der Waals surface area (Å²) < 4.78 is 13.6. The summed E-state index contributed by atoms with van der Waals surface area (Å²) in [7, 11) is 0. The van der Waals surface area contributed by atoms with Crippen LogP contribution in [0.25, 0.3) is 0 Å². The SMILES string of the molecule is N#Cc1ccc(N2N=C3c4ccc(O)cc4CCC3C2c2ccc(F)cc2)cc1Cl. The van der Waals surface area contributed by atoms with Crippen LogP contribution in [0.1, 0.15) is 34.7 Å². The molecule has 3 aromatic rings. The zero-order chi connectivity index (χ0) is 20.8. The Bertz CT molecular complexity index is 1220. The second-order valence-electron chi connectivity index (χ2n) is 7.59. The van der Waals surface area contributed by atoms with Gasteiger partial charge in [0.05, 0.1) is 28.0 Å². The second kappa shape index (κ2) is 7.16. The van der Waals surface area contributed by atoms with Crippen molar-refractivity contribution in [2.75, 3.05) is 5.01 Å². The molecule has 0 radical (unpaired) electrons. The van der Waals surface area contributed by atoms with Crippen molar-refractivity contribution < 1.29 is 9.50 Å². The Morgan fingerprint density at radius 1 is 1.10 bits per heavy atom. The molecule has 1 aliphatic heterocycles. The van der Waals surface area contributed by atoms with Crippen molar-refractivity contribution in [2.45, 2.75) is 18.9 Å². The lowest BCUT2D eigenvalue weighted by Crippen LogP contribution is -2.28. The third-order valence-electron chi connectivity index (χ3n) is 5.85. The van der Waals surface area contributed by atoms with Crippen molar-refractivity contribution in [2.24, 2.45) is 11.0 Å². The van der Waals surface area contributed by atoms with Crippen molar-refractivity contribution in [1.29, 1.82) is 5.26 Å². The highest BCUT2D eigenvalue weighted by Gasteiger charge is 2.42. The Hall–Kier alpha value is -3.36. The van der Waals surface area contributed by atoms with Crippen molar-refractivity contribution in [1.82, 2.24) is 0 Å². The summed E-state index contributed by atoms with van der Waals surface area (Å²) >= 11 is 6.30. The summed E-state index contributed by atoms with van der Waals surface area (Å²) in [6.45, 7) is 0. The molecular weight excluding hydrogens is 401 g/mol. The summed E-state index contributed by atoms with van der Waals surface area (Å²) in [5.41, 5.74) is 5.19. The van der Waals surface area contributed by atoms with Gasteiger partial charge in [-0.2, -0.15) is 10.4 Å². The van der Waals surface area contributed by atoms with Crippen LogP contribution in [0.4, 0.5) is 10.1 Å². The Morgan fingerprint density at radius 2 is 1.90 bits per heavy atom. The molecule has 0 bridgehead atoms. The molecule has 2 aliphatic rings. The van der Waals surface area contributed by atoms with E-state index in [2.05, 4.69) is 6.07 Å². The highest BCUT2D eigenvalue weighted by molar-refractivity contribution is 6.32. The monoisotopic (exact) mass is 417 g/mol. The number of hydrazone groups is 1. The topological polar surface area (TPSA) is 59.6 Å². The summed E-state index contributed by atoms with van der Waals surface area (Å²) in [6, 6.07) is 19.1. The number of aryl methyl sites for hydroxylation is 1. The molecule has 0 amide bonds. The predicted octanol–water partition coefficient (Wildman–Crippen LogP) is 5.58. The fourth-order valence-corrected chi connectivity index (χ4v) is 4.67. The van der Waals surface area contributed by atoms with Crippen LogP contribution >= 0.6 is 11.6 Å². The number of benzene rings is 3. The molecule has 1 N–H and O–H groups in total. The maximum absolute atomic E-state index is 13.6. The Morgan fingerprint density at radius 3 is 2.63 bits per heavy atom. The number of aromatic hydroxyl groups is 1. The van der Waals surface area contributed by atoms with Crippen LogP contribution in [0.3, 0.4) is 0 Å². The number of nitrogens with zero attached hydrogens (tertiary/aromatic N) is 3. The molecule has 148 valence electrons. The molecule has 3 aromatic carbocycles. The van der Waals surface area contributed by atoms with E-state index in [-0.39, 0.29) is 23.5 Å². The normalized spacial score (nSPS) is 19.6.